The number of carbonyl (C=O) groups is 4. The van der Waals surface area contributed by atoms with Crippen LogP contribution in [0.4, 0.5) is 5.69 Å². The van der Waals surface area contributed by atoms with Gasteiger partial charge >= 0.3 is 11.8 Å². The molecule has 4 aromatic carbocycles. The van der Waals surface area contributed by atoms with Gasteiger partial charge in [-0.3, -0.25) is 19.2 Å². The molecule has 1 atom stereocenters. The monoisotopic (exact) mass is 559 g/mol. The number of fused-ring (bicyclic) bond motifs is 1. The van der Waals surface area contributed by atoms with E-state index in [9.17, 15) is 19.2 Å². The van der Waals surface area contributed by atoms with Crippen LogP contribution in [0.15, 0.2) is 103 Å². The van der Waals surface area contributed by atoms with Gasteiger partial charge in [0.05, 0.1) is 17.7 Å². The van der Waals surface area contributed by atoms with Gasteiger partial charge in [-0.25, -0.2) is 0 Å². The van der Waals surface area contributed by atoms with Crippen molar-refractivity contribution in [3.8, 4) is 6.07 Å². The standard InChI is InChI=1S/C33H29N5O4/c1-22(27-16-7-12-24-10-2-4-14-28(24)27)37-31(40)29-15-5-3-11-25(29)21-36-33(42)32(41)35-18-8-17-30(39)38-26-13-6-9-23(19-26)20-34/h2-17,19,22H,18,21H2,1H3,(H,35,41)(H,36,42)(H,37,40)(H,38,39)/b17-8+/t22-/m1/s1. The summed E-state index contributed by atoms with van der Waals surface area (Å²) in [6.45, 7) is 1.83. The molecular weight excluding hydrogens is 530 g/mol. The van der Waals surface area contributed by atoms with Crippen LogP contribution in [0.3, 0.4) is 0 Å². The quantitative estimate of drug-likeness (QED) is 0.180. The predicted molar refractivity (Wildman–Crippen MR) is 160 cm³/mol. The van der Waals surface area contributed by atoms with Crippen LogP contribution in [0.5, 0.6) is 0 Å². The van der Waals surface area contributed by atoms with E-state index < -0.39 is 17.7 Å². The summed E-state index contributed by atoms with van der Waals surface area (Å²) in [6.07, 6.45) is 2.61. The smallest absolute Gasteiger partial charge is 0.309 e. The molecule has 0 saturated heterocycles. The first-order chi connectivity index (χ1) is 20.4. The topological polar surface area (TPSA) is 140 Å². The molecule has 0 heterocycles. The van der Waals surface area contributed by atoms with Crippen LogP contribution in [-0.2, 0) is 20.9 Å². The summed E-state index contributed by atoms with van der Waals surface area (Å²) in [4.78, 5) is 49.8. The summed E-state index contributed by atoms with van der Waals surface area (Å²) >= 11 is 0. The Morgan fingerprint density at radius 3 is 2.40 bits per heavy atom. The van der Waals surface area contributed by atoms with E-state index in [0.29, 0.717) is 22.4 Å². The van der Waals surface area contributed by atoms with E-state index in [1.807, 2.05) is 55.5 Å². The highest BCUT2D eigenvalue weighted by atomic mass is 16.2. The van der Waals surface area contributed by atoms with Crippen molar-refractivity contribution in [3.63, 3.8) is 0 Å². The summed E-state index contributed by atoms with van der Waals surface area (Å²) in [6, 6.07) is 28.9. The molecule has 0 unspecified atom stereocenters. The second-order valence-corrected chi connectivity index (χ2v) is 9.40. The van der Waals surface area contributed by atoms with Crippen molar-refractivity contribution in [1.82, 2.24) is 16.0 Å². The molecule has 4 amide bonds. The Morgan fingerprint density at radius 2 is 1.57 bits per heavy atom. The van der Waals surface area contributed by atoms with Gasteiger partial charge < -0.3 is 21.3 Å². The summed E-state index contributed by atoms with van der Waals surface area (Å²) < 4.78 is 0. The number of nitrogens with one attached hydrogen (secondary N) is 4. The Morgan fingerprint density at radius 1 is 0.857 bits per heavy atom. The van der Waals surface area contributed by atoms with Crippen molar-refractivity contribution in [1.29, 1.82) is 5.26 Å². The number of nitriles is 1. The first-order valence-corrected chi connectivity index (χ1v) is 13.3. The molecule has 0 spiro atoms. The highest BCUT2D eigenvalue weighted by Crippen LogP contribution is 2.24. The summed E-state index contributed by atoms with van der Waals surface area (Å²) in [5, 5.41) is 21.7. The molecule has 9 nitrogen and oxygen atoms in total. The number of benzene rings is 4. The third-order valence-electron chi connectivity index (χ3n) is 6.45. The van der Waals surface area contributed by atoms with Gasteiger partial charge in [-0.15, -0.1) is 0 Å². The van der Waals surface area contributed by atoms with Crippen molar-refractivity contribution < 1.29 is 19.2 Å². The SMILES string of the molecule is C[C@@H](NC(=O)c1ccccc1CNC(=O)C(=O)NC/C=C/C(=O)Nc1cccc(C#N)c1)c1cccc2ccccc12. The van der Waals surface area contributed by atoms with Crippen LogP contribution in [0.2, 0.25) is 0 Å². The zero-order valence-corrected chi connectivity index (χ0v) is 22.9. The largest absolute Gasteiger partial charge is 0.345 e. The van der Waals surface area contributed by atoms with Crippen molar-refractivity contribution in [3.05, 3.63) is 125 Å². The molecule has 0 aliphatic rings. The average Bonchev–Trinajstić information content (AvgIpc) is 3.01. The minimum Gasteiger partial charge on any atom is -0.345 e. The van der Waals surface area contributed by atoms with Crippen LogP contribution in [0.1, 0.15) is 40.0 Å². The van der Waals surface area contributed by atoms with Gasteiger partial charge in [0, 0.05) is 30.4 Å². The Bertz CT molecular complexity index is 1700. The van der Waals surface area contributed by atoms with Crippen LogP contribution >= 0.6 is 0 Å². The van der Waals surface area contributed by atoms with Crippen molar-refractivity contribution >= 4 is 40.1 Å². The van der Waals surface area contributed by atoms with Gasteiger partial charge in [-0.2, -0.15) is 5.26 Å². The zero-order chi connectivity index (χ0) is 29.9. The van der Waals surface area contributed by atoms with E-state index in [0.717, 1.165) is 16.3 Å². The van der Waals surface area contributed by atoms with Gasteiger partial charge in [-0.05, 0) is 53.1 Å². The molecule has 0 aliphatic carbocycles. The molecule has 0 saturated carbocycles. The lowest BCUT2D eigenvalue weighted by Crippen LogP contribution is -2.40. The molecular formula is C33H29N5O4. The van der Waals surface area contributed by atoms with Crippen LogP contribution < -0.4 is 21.3 Å². The van der Waals surface area contributed by atoms with Crippen molar-refractivity contribution in [2.75, 3.05) is 11.9 Å². The second-order valence-electron chi connectivity index (χ2n) is 9.40. The third kappa shape index (κ3) is 7.67. The first kappa shape index (κ1) is 29.2. The van der Waals surface area contributed by atoms with E-state index in [2.05, 4.69) is 21.3 Å². The highest BCUT2D eigenvalue weighted by molar-refractivity contribution is 6.35. The molecule has 9 heteroatoms. The van der Waals surface area contributed by atoms with Crippen LogP contribution in [0.25, 0.3) is 10.8 Å². The summed E-state index contributed by atoms with van der Waals surface area (Å²) in [7, 11) is 0. The van der Waals surface area contributed by atoms with Crippen molar-refractivity contribution in [2.24, 2.45) is 0 Å². The van der Waals surface area contributed by atoms with E-state index in [4.69, 9.17) is 5.26 Å². The molecule has 0 radical (unpaired) electrons. The molecule has 0 bridgehead atoms. The molecule has 4 aromatic rings. The minimum absolute atomic E-state index is 0.0293. The third-order valence-corrected chi connectivity index (χ3v) is 6.45. The lowest BCUT2D eigenvalue weighted by Gasteiger charge is -2.18. The summed E-state index contributed by atoms with van der Waals surface area (Å²) in [5.41, 5.74) is 2.80. The minimum atomic E-state index is -0.881. The fourth-order valence-corrected chi connectivity index (χ4v) is 4.38. The number of rotatable bonds is 9. The van der Waals surface area contributed by atoms with E-state index in [-0.39, 0.29) is 25.0 Å². The number of nitrogens with zero attached hydrogens (tertiary/aromatic N) is 1. The maximum atomic E-state index is 13.2. The maximum Gasteiger partial charge on any atom is 0.309 e. The maximum absolute atomic E-state index is 13.2. The van der Waals surface area contributed by atoms with Crippen molar-refractivity contribution in [2.45, 2.75) is 19.5 Å². The van der Waals surface area contributed by atoms with Gasteiger partial charge in [0.25, 0.3) is 5.91 Å². The number of hydrogen-bond acceptors (Lipinski definition) is 5. The Hall–Kier alpha value is -5.75. The lowest BCUT2D eigenvalue weighted by molar-refractivity contribution is -0.139. The molecule has 0 aromatic heterocycles. The van der Waals surface area contributed by atoms with E-state index in [1.165, 1.54) is 18.2 Å². The lowest BCUT2D eigenvalue weighted by atomic mass is 9.99. The van der Waals surface area contributed by atoms with Gasteiger partial charge in [0.1, 0.15) is 0 Å². The molecule has 42 heavy (non-hydrogen) atoms. The normalized spacial score (nSPS) is 11.3. The van der Waals surface area contributed by atoms with Gasteiger partial charge in [-0.1, -0.05) is 72.8 Å². The Labute approximate surface area is 243 Å². The molecule has 4 N–H and O–H groups in total. The number of anilines is 1. The zero-order valence-electron chi connectivity index (χ0n) is 22.9. The number of hydrogen-bond donors (Lipinski definition) is 4. The van der Waals surface area contributed by atoms with Gasteiger partial charge in [0.2, 0.25) is 5.91 Å². The molecule has 0 aliphatic heterocycles. The fraction of sp³-hybridized carbons (Fsp3) is 0.121. The number of carbonyl (C=O) groups excluding carboxylic acids is 4. The number of amides is 4. The molecule has 4 rings (SSSR count). The second kappa shape index (κ2) is 14.1. The highest BCUT2D eigenvalue weighted by Gasteiger charge is 2.18. The van der Waals surface area contributed by atoms with E-state index >= 15 is 0 Å². The average molecular weight is 560 g/mol. The molecule has 210 valence electrons. The Balaban J connectivity index is 1.27. The van der Waals surface area contributed by atoms with E-state index in [1.54, 1.807) is 42.5 Å². The first-order valence-electron chi connectivity index (χ1n) is 13.3. The van der Waals surface area contributed by atoms with Crippen LogP contribution in [0, 0.1) is 11.3 Å². The molecule has 0 fully saturated rings. The fourth-order valence-electron chi connectivity index (χ4n) is 4.38. The van der Waals surface area contributed by atoms with Gasteiger partial charge in [0.15, 0.2) is 0 Å². The Kier molecular flexibility index (Phi) is 9.78. The predicted octanol–water partition coefficient (Wildman–Crippen LogP) is 4.13. The van der Waals surface area contributed by atoms with Crippen LogP contribution in [-0.4, -0.2) is 30.2 Å². The summed E-state index contributed by atoms with van der Waals surface area (Å²) in [5.74, 6) is -2.50.